The van der Waals surface area contributed by atoms with Gasteiger partial charge in [0.25, 0.3) is 0 Å². The summed E-state index contributed by atoms with van der Waals surface area (Å²) < 4.78 is 0. The molecule has 0 aliphatic rings. The first-order chi connectivity index (χ1) is 38.3. The highest BCUT2D eigenvalue weighted by molar-refractivity contribution is 5.66. The molecule has 12 aromatic rings. The topological polar surface area (TPSA) is 180 Å². The summed E-state index contributed by atoms with van der Waals surface area (Å²) in [5, 5.41) is 0. The summed E-state index contributed by atoms with van der Waals surface area (Å²) in [4.78, 5) is 57.7. The van der Waals surface area contributed by atoms with Gasteiger partial charge in [0.2, 0.25) is 0 Å². The molecule has 0 N–H and O–H groups in total. The van der Waals surface area contributed by atoms with E-state index < -0.39 is 0 Å². The van der Waals surface area contributed by atoms with Crippen molar-refractivity contribution in [2.75, 3.05) is 0 Å². The summed E-state index contributed by atoms with van der Waals surface area (Å²) in [7, 11) is 0. The first-order valence-corrected chi connectivity index (χ1v) is 24.9. The molecule has 11 aromatic heterocycles. The number of pyridine rings is 8. The fourth-order valence-electron chi connectivity index (χ4n) is 7.58. The van der Waals surface area contributed by atoms with E-state index in [0.29, 0.717) is 0 Å². The average molecular weight is 1020 g/mol. The Morgan fingerprint density at radius 1 is 0.231 bits per heavy atom. The fraction of sp³-hybridized carbons (Fsp3) is 0.0938. The van der Waals surface area contributed by atoms with Crippen LogP contribution in [0.3, 0.4) is 0 Å². The highest BCUT2D eigenvalue weighted by Gasteiger charge is 2.06. The number of aromatic nitrogens is 14. The summed E-state index contributed by atoms with van der Waals surface area (Å²) in [6, 6.07) is 45.6. The lowest BCUT2D eigenvalue weighted by Gasteiger charge is -2.02. The molecule has 14 heteroatoms. The molecule has 0 aliphatic carbocycles. The number of benzene rings is 1. The summed E-state index contributed by atoms with van der Waals surface area (Å²) in [5.74, 6) is 0. The van der Waals surface area contributed by atoms with Crippen LogP contribution in [0.4, 0.5) is 0 Å². The van der Waals surface area contributed by atoms with Crippen molar-refractivity contribution in [3.63, 3.8) is 0 Å². The molecule has 78 heavy (non-hydrogen) atoms. The van der Waals surface area contributed by atoms with Gasteiger partial charge in [0.05, 0.1) is 28.5 Å². The summed E-state index contributed by atoms with van der Waals surface area (Å²) in [6.45, 7) is 12.0. The van der Waals surface area contributed by atoms with Gasteiger partial charge in [-0.2, -0.15) is 0 Å². The number of aryl methyl sites for hydroxylation is 6. The zero-order chi connectivity index (χ0) is 54.6. The lowest BCUT2D eigenvalue weighted by Crippen LogP contribution is -1.90. The Balaban J connectivity index is 0.000000136. The Labute approximate surface area is 455 Å². The third kappa shape index (κ3) is 16.8. The van der Waals surface area contributed by atoms with E-state index >= 15 is 0 Å². The first-order valence-electron chi connectivity index (χ1n) is 24.9. The van der Waals surface area contributed by atoms with Gasteiger partial charge >= 0.3 is 0 Å². The monoisotopic (exact) mass is 1020 g/mol. The zero-order valence-corrected chi connectivity index (χ0v) is 44.4. The van der Waals surface area contributed by atoms with Gasteiger partial charge in [-0.05, 0) is 143 Å². The smallest absolute Gasteiger partial charge is 0.116 e. The maximum Gasteiger partial charge on any atom is 0.116 e. The van der Waals surface area contributed by atoms with E-state index in [1.54, 1.807) is 87.0 Å². The van der Waals surface area contributed by atoms with Gasteiger partial charge in [-0.3, -0.25) is 39.9 Å². The SMILES string of the molecule is Cc1cncnc1-c1ccccc1.Cc1cncnc1-c1ccccn1.Cc1cncnc1-c1cccnc1.Cc1ncccc1-c1ccccn1.Cc1ncccc1-c1cccnc1.Cc1ncccc1-c1ccncc1. The van der Waals surface area contributed by atoms with E-state index in [1.165, 1.54) is 17.5 Å². The molecule has 12 rings (SSSR count). The number of hydrogen-bond acceptors (Lipinski definition) is 14. The molecule has 0 saturated carbocycles. The lowest BCUT2D eigenvalue weighted by molar-refractivity contribution is 1.12. The molecule has 1 aromatic carbocycles. The van der Waals surface area contributed by atoms with Crippen molar-refractivity contribution in [2.45, 2.75) is 41.5 Å². The summed E-state index contributed by atoms with van der Waals surface area (Å²) in [5.41, 5.74) is 18.9. The van der Waals surface area contributed by atoms with E-state index in [-0.39, 0.29) is 0 Å². The Bertz CT molecular complexity index is 3010. The predicted molar refractivity (Wildman–Crippen MR) is 309 cm³/mol. The van der Waals surface area contributed by atoms with Crippen molar-refractivity contribution in [1.29, 1.82) is 0 Å². The standard InChI is InChI=1S/4C11H10N2.2C10H9N3/c1-9-11(5-3-7-13-9)10-4-2-6-12-8-10;1-9-11(3-2-6-13-9)10-4-7-12-8-5-10;1-9-10(5-4-8-12-9)11-6-2-3-7-13-11;1-9-7-12-8-13-11(9)10-5-3-2-4-6-10;1-8-5-12-7-13-10(8)9-3-2-4-11-6-9;1-8-6-11-7-13-10(8)9-4-2-3-5-12-9/h4*2-8H,1H3;2*2-7H,1H3. The van der Waals surface area contributed by atoms with Gasteiger partial charge in [-0.25, -0.2) is 29.9 Å². The third-order valence-electron chi connectivity index (χ3n) is 11.5. The van der Waals surface area contributed by atoms with Crippen molar-refractivity contribution in [3.8, 4) is 67.4 Å². The molecule has 0 aliphatic heterocycles. The van der Waals surface area contributed by atoms with Gasteiger partial charge in [0, 0.05) is 137 Å². The molecule has 0 fully saturated rings. The van der Waals surface area contributed by atoms with Gasteiger partial charge in [0.1, 0.15) is 19.0 Å². The second kappa shape index (κ2) is 30.1. The minimum atomic E-state index is 0.891. The highest BCUT2D eigenvalue weighted by Crippen LogP contribution is 2.23. The van der Waals surface area contributed by atoms with Crippen LogP contribution in [0.5, 0.6) is 0 Å². The summed E-state index contributed by atoms with van der Waals surface area (Å²) in [6.07, 6.45) is 29.8. The van der Waals surface area contributed by atoms with Crippen LogP contribution in [0.25, 0.3) is 67.4 Å². The Kier molecular flexibility index (Phi) is 21.4. The molecule has 11 heterocycles. The first kappa shape index (κ1) is 55.4. The fourth-order valence-corrected chi connectivity index (χ4v) is 7.58. The van der Waals surface area contributed by atoms with Crippen LogP contribution in [0.1, 0.15) is 33.8 Å². The molecule has 0 spiro atoms. The molecule has 0 unspecified atom stereocenters. The van der Waals surface area contributed by atoms with Crippen LogP contribution in [0, 0.1) is 41.5 Å². The maximum atomic E-state index is 4.27. The van der Waals surface area contributed by atoms with Crippen LogP contribution < -0.4 is 0 Å². The number of rotatable bonds is 6. The van der Waals surface area contributed by atoms with E-state index in [2.05, 4.69) is 94.0 Å². The van der Waals surface area contributed by atoms with Crippen molar-refractivity contribution in [2.24, 2.45) is 0 Å². The molecule has 0 atom stereocenters. The Hall–Kier alpha value is -10.3. The molecular weight excluding hydrogens is 965 g/mol. The second-order valence-corrected chi connectivity index (χ2v) is 17.1. The van der Waals surface area contributed by atoms with Crippen LogP contribution >= 0.6 is 0 Å². The van der Waals surface area contributed by atoms with Crippen molar-refractivity contribution >= 4 is 0 Å². The third-order valence-corrected chi connectivity index (χ3v) is 11.5. The van der Waals surface area contributed by atoms with Gasteiger partial charge in [-0.1, -0.05) is 60.7 Å². The van der Waals surface area contributed by atoms with E-state index in [0.717, 1.165) is 90.1 Å². The van der Waals surface area contributed by atoms with Gasteiger partial charge in [-0.15, -0.1) is 0 Å². The van der Waals surface area contributed by atoms with E-state index in [1.807, 2.05) is 169 Å². The predicted octanol–water partition coefficient (Wildman–Crippen LogP) is 13.5. The number of nitrogens with zero attached hydrogens (tertiary/aromatic N) is 14. The van der Waals surface area contributed by atoms with Crippen LogP contribution in [-0.2, 0) is 0 Å². The minimum Gasteiger partial charge on any atom is -0.265 e. The minimum absolute atomic E-state index is 0.891. The largest absolute Gasteiger partial charge is 0.265 e. The van der Waals surface area contributed by atoms with E-state index in [4.69, 9.17) is 0 Å². The maximum absolute atomic E-state index is 4.27. The van der Waals surface area contributed by atoms with Crippen LogP contribution in [0.2, 0.25) is 0 Å². The Morgan fingerprint density at radius 2 is 0.641 bits per heavy atom. The quantitative estimate of drug-likeness (QED) is 0.153. The zero-order valence-electron chi connectivity index (χ0n) is 44.4. The van der Waals surface area contributed by atoms with Crippen LogP contribution in [-0.4, -0.2) is 69.8 Å². The van der Waals surface area contributed by atoms with E-state index in [9.17, 15) is 0 Å². The highest BCUT2D eigenvalue weighted by atomic mass is 14.9. The normalized spacial score (nSPS) is 9.92. The van der Waals surface area contributed by atoms with Crippen molar-refractivity contribution < 1.29 is 0 Å². The van der Waals surface area contributed by atoms with Crippen LogP contribution in [0.15, 0.2) is 245 Å². The Morgan fingerprint density at radius 3 is 1.10 bits per heavy atom. The molecule has 14 nitrogen and oxygen atoms in total. The number of hydrogen-bond donors (Lipinski definition) is 0. The van der Waals surface area contributed by atoms with Gasteiger partial charge < -0.3 is 0 Å². The molecule has 0 bridgehead atoms. The average Bonchev–Trinajstić information content (AvgIpc) is 3.50. The molecule has 0 amide bonds. The molecule has 0 radical (unpaired) electrons. The lowest BCUT2D eigenvalue weighted by atomic mass is 10.1. The molecule has 0 saturated heterocycles. The molecular formula is C64H58N14. The van der Waals surface area contributed by atoms with Crippen molar-refractivity contribution in [3.05, 3.63) is 279 Å². The second-order valence-electron chi connectivity index (χ2n) is 17.1. The van der Waals surface area contributed by atoms with Crippen molar-refractivity contribution in [1.82, 2.24) is 69.8 Å². The summed E-state index contributed by atoms with van der Waals surface area (Å²) >= 11 is 0. The molecule has 384 valence electrons. The van der Waals surface area contributed by atoms with Gasteiger partial charge in [0.15, 0.2) is 0 Å².